The molecule has 0 saturated carbocycles. The summed E-state index contributed by atoms with van der Waals surface area (Å²) < 4.78 is 16.3. The first-order valence-electron chi connectivity index (χ1n) is 15.1. The van der Waals surface area contributed by atoms with Crippen molar-refractivity contribution in [2.75, 3.05) is 18.2 Å². The fourth-order valence-corrected chi connectivity index (χ4v) is 5.55. The first-order chi connectivity index (χ1) is 20.5. The van der Waals surface area contributed by atoms with Crippen LogP contribution in [0.4, 0.5) is 9.59 Å². The van der Waals surface area contributed by atoms with Crippen LogP contribution in [0.15, 0.2) is 30.3 Å². The predicted molar refractivity (Wildman–Crippen MR) is 169 cm³/mol. The quantitative estimate of drug-likeness (QED) is 0.164. The molecule has 0 radical (unpaired) electrons. The third-order valence-electron chi connectivity index (χ3n) is 6.45. The minimum Gasteiger partial charge on any atom is -0.452 e. The third-order valence-corrected chi connectivity index (χ3v) is 7.41. The second-order valence-electron chi connectivity index (χ2n) is 12.9. The van der Waals surface area contributed by atoms with Gasteiger partial charge in [0.2, 0.25) is 5.91 Å². The first-order valence-corrected chi connectivity index (χ1v) is 16.3. The van der Waals surface area contributed by atoms with Crippen LogP contribution in [0.25, 0.3) is 0 Å². The van der Waals surface area contributed by atoms with Crippen LogP contribution in [-0.2, 0) is 35.0 Å². The summed E-state index contributed by atoms with van der Waals surface area (Å²) in [4.78, 5) is 65.4. The number of nitrogens with one attached hydrogen (secondary N) is 2. The maximum atomic E-state index is 13.4. The van der Waals surface area contributed by atoms with Crippen LogP contribution >= 0.6 is 11.8 Å². The molecular formula is C32H49N3O8S. The van der Waals surface area contributed by atoms with Gasteiger partial charge in [-0.2, -0.15) is 0 Å². The van der Waals surface area contributed by atoms with E-state index in [1.165, 1.54) is 6.92 Å². The van der Waals surface area contributed by atoms with Crippen molar-refractivity contribution in [2.24, 2.45) is 0 Å². The molecule has 12 heteroatoms. The SMILES string of the molecule is CC(=O)O[C@H](C(=O)CCCCC[C@H](NC(=O)OC(C)(C)C)C(=O)N1CCSC1)[C@@H](Cc1ccccc1)NC(=O)OC(C)(C)C. The molecule has 0 unspecified atom stereocenters. The van der Waals surface area contributed by atoms with Crippen molar-refractivity contribution in [2.45, 2.75) is 116 Å². The maximum absolute atomic E-state index is 13.4. The summed E-state index contributed by atoms with van der Waals surface area (Å²) in [6.07, 6.45) is -0.212. The molecule has 2 N–H and O–H groups in total. The molecule has 1 aliphatic rings. The maximum Gasteiger partial charge on any atom is 0.408 e. The highest BCUT2D eigenvalue weighted by Crippen LogP contribution is 2.19. The van der Waals surface area contributed by atoms with Crippen molar-refractivity contribution in [1.82, 2.24) is 15.5 Å². The Morgan fingerprint density at radius 3 is 2.05 bits per heavy atom. The number of carbonyl (C=O) groups excluding carboxylic acids is 5. The van der Waals surface area contributed by atoms with Crippen LogP contribution in [0.5, 0.6) is 0 Å². The van der Waals surface area contributed by atoms with Gasteiger partial charge in [0.1, 0.15) is 17.2 Å². The Hall–Kier alpha value is -3.28. The van der Waals surface area contributed by atoms with Gasteiger partial charge in [-0.3, -0.25) is 14.4 Å². The Morgan fingerprint density at radius 2 is 1.50 bits per heavy atom. The van der Waals surface area contributed by atoms with Gasteiger partial charge in [-0.1, -0.05) is 43.2 Å². The lowest BCUT2D eigenvalue weighted by molar-refractivity contribution is -0.155. The number of hydrogen-bond acceptors (Lipinski definition) is 9. The van der Waals surface area contributed by atoms with E-state index in [0.717, 1.165) is 11.3 Å². The second-order valence-corrected chi connectivity index (χ2v) is 14.0. The van der Waals surface area contributed by atoms with Crippen LogP contribution in [-0.4, -0.2) is 82.3 Å². The minimum absolute atomic E-state index is 0.0973. The van der Waals surface area contributed by atoms with Crippen molar-refractivity contribution in [3.8, 4) is 0 Å². The molecule has 1 heterocycles. The molecule has 1 aliphatic heterocycles. The number of thioether (sulfide) groups is 1. The summed E-state index contributed by atoms with van der Waals surface area (Å²) in [5.41, 5.74) is -0.604. The zero-order valence-corrected chi connectivity index (χ0v) is 27.9. The number of nitrogens with zero attached hydrogens (tertiary/aromatic N) is 1. The van der Waals surface area contributed by atoms with E-state index in [1.807, 2.05) is 30.3 Å². The molecular weight excluding hydrogens is 586 g/mol. The number of benzene rings is 1. The van der Waals surface area contributed by atoms with Crippen LogP contribution in [0, 0.1) is 0 Å². The Labute approximate surface area is 265 Å². The van der Waals surface area contributed by atoms with Crippen molar-refractivity contribution >= 4 is 41.6 Å². The lowest BCUT2D eigenvalue weighted by Crippen LogP contribution is -2.51. The topological polar surface area (TPSA) is 140 Å². The molecule has 246 valence electrons. The first kappa shape index (κ1) is 36.9. The fourth-order valence-electron chi connectivity index (χ4n) is 4.59. The number of rotatable bonds is 14. The van der Waals surface area contributed by atoms with Crippen molar-refractivity contribution in [1.29, 1.82) is 0 Å². The van der Waals surface area contributed by atoms with Crippen LogP contribution in [0.1, 0.15) is 86.1 Å². The number of Topliss-reactive ketones (excluding diaryl/α,β-unsaturated/α-hetero) is 1. The molecule has 0 aromatic heterocycles. The molecule has 11 nitrogen and oxygen atoms in total. The summed E-state index contributed by atoms with van der Waals surface area (Å²) in [6.45, 7) is 12.3. The van der Waals surface area contributed by atoms with Crippen molar-refractivity contribution in [3.63, 3.8) is 0 Å². The fraction of sp³-hybridized carbons (Fsp3) is 0.656. The standard InChI is InChI=1S/C32H49N3O8S/c1-22(36)41-27(25(20-23-14-10-8-11-15-23)34-30(40)43-32(5,6)7)26(37)17-13-9-12-16-24(28(38)35-18-19-44-21-35)33-29(39)42-31(2,3)4/h8,10-11,14-15,24-25,27H,9,12-13,16-21H2,1-7H3,(H,33,39)(H,34,40)/t24-,25+,27-/m0/s1. The molecule has 1 aromatic rings. The molecule has 2 rings (SSSR count). The lowest BCUT2D eigenvalue weighted by atomic mass is 9.95. The number of amides is 3. The van der Waals surface area contributed by atoms with Gasteiger partial charge in [0.25, 0.3) is 0 Å². The van der Waals surface area contributed by atoms with E-state index in [-0.39, 0.29) is 24.5 Å². The molecule has 3 amide bonds. The summed E-state index contributed by atoms with van der Waals surface area (Å²) >= 11 is 1.66. The van der Waals surface area contributed by atoms with E-state index in [4.69, 9.17) is 14.2 Å². The Kier molecular flexibility index (Phi) is 14.5. The number of esters is 1. The summed E-state index contributed by atoms with van der Waals surface area (Å²) in [6, 6.07) is 7.70. The van der Waals surface area contributed by atoms with Gasteiger partial charge in [0, 0.05) is 25.6 Å². The highest BCUT2D eigenvalue weighted by Gasteiger charge is 2.34. The lowest BCUT2D eigenvalue weighted by Gasteiger charge is -2.28. The predicted octanol–water partition coefficient (Wildman–Crippen LogP) is 5.00. The number of unbranched alkanes of at least 4 members (excludes halogenated alkanes) is 2. The van der Waals surface area contributed by atoms with E-state index >= 15 is 0 Å². The normalized spacial score (nSPS) is 15.5. The summed E-state index contributed by atoms with van der Waals surface area (Å²) in [7, 11) is 0. The molecule has 0 bridgehead atoms. The average Bonchev–Trinajstić information content (AvgIpc) is 3.43. The second kappa shape index (κ2) is 17.3. The molecule has 44 heavy (non-hydrogen) atoms. The van der Waals surface area contributed by atoms with Crippen LogP contribution < -0.4 is 10.6 Å². The van der Waals surface area contributed by atoms with Gasteiger partial charge < -0.3 is 29.7 Å². The van der Waals surface area contributed by atoms with Crippen molar-refractivity contribution in [3.05, 3.63) is 35.9 Å². The highest BCUT2D eigenvalue weighted by atomic mass is 32.2. The third kappa shape index (κ3) is 14.5. The molecule has 1 fully saturated rings. The van der Waals surface area contributed by atoms with Gasteiger partial charge >= 0.3 is 18.2 Å². The zero-order valence-electron chi connectivity index (χ0n) is 27.1. The highest BCUT2D eigenvalue weighted by molar-refractivity contribution is 7.99. The van der Waals surface area contributed by atoms with Gasteiger partial charge in [-0.15, -0.1) is 11.8 Å². The smallest absolute Gasteiger partial charge is 0.408 e. The molecule has 3 atom stereocenters. The van der Waals surface area contributed by atoms with E-state index in [9.17, 15) is 24.0 Å². The Balaban J connectivity index is 2.04. The molecule has 0 spiro atoms. The van der Waals surface area contributed by atoms with Gasteiger partial charge in [0.15, 0.2) is 11.9 Å². The van der Waals surface area contributed by atoms with E-state index in [1.54, 1.807) is 58.2 Å². The van der Waals surface area contributed by atoms with Crippen LogP contribution in [0.2, 0.25) is 0 Å². The summed E-state index contributed by atoms with van der Waals surface area (Å²) in [5, 5.41) is 5.47. The number of hydrogen-bond donors (Lipinski definition) is 2. The van der Waals surface area contributed by atoms with Crippen molar-refractivity contribution < 1.29 is 38.2 Å². The zero-order chi connectivity index (χ0) is 32.9. The van der Waals surface area contributed by atoms with E-state index in [2.05, 4.69) is 10.6 Å². The summed E-state index contributed by atoms with van der Waals surface area (Å²) in [5.74, 6) is 0.320. The van der Waals surface area contributed by atoms with Gasteiger partial charge in [-0.05, 0) is 66.4 Å². The number of carbonyl (C=O) groups is 5. The monoisotopic (exact) mass is 635 g/mol. The number of ketones is 1. The Bertz CT molecular complexity index is 1110. The average molecular weight is 636 g/mol. The largest absolute Gasteiger partial charge is 0.452 e. The minimum atomic E-state index is -1.21. The van der Waals surface area contributed by atoms with E-state index < -0.39 is 47.5 Å². The van der Waals surface area contributed by atoms with Gasteiger partial charge in [0.05, 0.1) is 11.9 Å². The Morgan fingerprint density at radius 1 is 0.886 bits per heavy atom. The molecule has 1 aromatic carbocycles. The van der Waals surface area contributed by atoms with E-state index in [0.29, 0.717) is 38.1 Å². The number of ether oxygens (including phenoxy) is 3. The molecule has 1 saturated heterocycles. The molecule has 0 aliphatic carbocycles. The van der Waals surface area contributed by atoms with Crippen LogP contribution in [0.3, 0.4) is 0 Å². The van der Waals surface area contributed by atoms with Gasteiger partial charge in [-0.25, -0.2) is 9.59 Å². The number of alkyl carbamates (subject to hydrolysis) is 2.